The summed E-state index contributed by atoms with van der Waals surface area (Å²) in [5, 5.41) is 13.0. The number of hydrogen-bond donors (Lipinski definition) is 2. The number of ether oxygens (including phenoxy) is 1. The third-order valence-electron chi connectivity index (χ3n) is 6.90. The Hall–Kier alpha value is -4.13. The molecular weight excluding hydrogens is 468 g/mol. The molecule has 1 fully saturated rings. The third kappa shape index (κ3) is 6.36. The van der Waals surface area contributed by atoms with Crippen molar-refractivity contribution < 1.29 is 24.2 Å². The maximum absolute atomic E-state index is 14.1. The van der Waals surface area contributed by atoms with Gasteiger partial charge >= 0.3 is 5.97 Å². The van der Waals surface area contributed by atoms with Crippen molar-refractivity contribution in [1.82, 2.24) is 10.2 Å². The molecule has 1 aliphatic rings. The van der Waals surface area contributed by atoms with Crippen LogP contribution in [0.1, 0.15) is 36.0 Å². The van der Waals surface area contributed by atoms with E-state index in [9.17, 15) is 19.5 Å². The van der Waals surface area contributed by atoms with Gasteiger partial charge in [-0.1, -0.05) is 72.8 Å². The van der Waals surface area contributed by atoms with Crippen molar-refractivity contribution >= 4 is 17.8 Å². The number of carbonyl (C=O) groups is 3. The minimum Gasteiger partial charge on any atom is -0.497 e. The van der Waals surface area contributed by atoms with Crippen molar-refractivity contribution in [2.75, 3.05) is 7.11 Å². The number of nitrogens with one attached hydrogen (secondary N) is 1. The highest BCUT2D eigenvalue weighted by atomic mass is 16.5. The second-order valence-corrected chi connectivity index (χ2v) is 9.45. The van der Waals surface area contributed by atoms with Crippen LogP contribution < -0.4 is 10.1 Å². The highest BCUT2D eigenvalue weighted by molar-refractivity contribution is 5.95. The van der Waals surface area contributed by atoms with Crippen LogP contribution in [0.5, 0.6) is 5.75 Å². The molecule has 2 atom stereocenters. The molecule has 0 aliphatic carbocycles. The van der Waals surface area contributed by atoms with Crippen LogP contribution in [0, 0.1) is 0 Å². The summed E-state index contributed by atoms with van der Waals surface area (Å²) >= 11 is 0. The number of rotatable bonds is 10. The van der Waals surface area contributed by atoms with Crippen molar-refractivity contribution in [3.05, 3.63) is 102 Å². The summed E-state index contributed by atoms with van der Waals surface area (Å²) in [6.07, 6.45) is 1.55. The normalized spacial score (nSPS) is 19.3. The highest BCUT2D eigenvalue weighted by Gasteiger charge is 2.50. The minimum atomic E-state index is -1.23. The number of nitrogens with zero attached hydrogens (tertiary/aromatic N) is 1. The Balaban J connectivity index is 1.61. The predicted molar refractivity (Wildman–Crippen MR) is 140 cm³/mol. The van der Waals surface area contributed by atoms with Crippen LogP contribution in [0.25, 0.3) is 0 Å². The van der Waals surface area contributed by atoms with E-state index in [1.807, 2.05) is 72.8 Å². The number of benzene rings is 3. The largest absolute Gasteiger partial charge is 0.497 e. The number of hydrogen-bond acceptors (Lipinski definition) is 4. The molecule has 3 aromatic carbocycles. The monoisotopic (exact) mass is 500 g/mol. The molecule has 2 amide bonds. The van der Waals surface area contributed by atoms with E-state index in [0.29, 0.717) is 12.2 Å². The molecular formula is C30H32N2O5. The van der Waals surface area contributed by atoms with Crippen LogP contribution in [0.4, 0.5) is 0 Å². The van der Waals surface area contributed by atoms with Crippen LogP contribution in [0.2, 0.25) is 0 Å². The number of likely N-dealkylation sites (tertiary alicyclic amines) is 1. The Bertz CT molecular complexity index is 1210. The van der Waals surface area contributed by atoms with Gasteiger partial charge in [-0.25, -0.2) is 4.79 Å². The quantitative estimate of drug-likeness (QED) is 0.439. The van der Waals surface area contributed by atoms with Gasteiger partial charge < -0.3 is 20.1 Å². The topological polar surface area (TPSA) is 95.9 Å². The molecule has 1 heterocycles. The standard InChI is InChI=1S/C30H32N2O5/c1-37-25-15-12-24(13-16-25)21-32-26(28(34)35)18-19-30(29(32)36,20-23-10-6-3-7-11-23)31-27(33)17-14-22-8-4-2-5-9-22/h2-13,15-16,26H,14,17-21H2,1H3,(H,31,33)(H,34,35)/t26-,30+/m1/s1. The molecule has 192 valence electrons. The van der Waals surface area contributed by atoms with E-state index in [1.54, 1.807) is 19.2 Å². The molecule has 0 spiro atoms. The molecule has 1 aliphatic heterocycles. The molecule has 0 aromatic heterocycles. The van der Waals surface area contributed by atoms with Crippen molar-refractivity contribution in [2.24, 2.45) is 0 Å². The Morgan fingerprint density at radius 1 is 0.946 bits per heavy atom. The first-order valence-corrected chi connectivity index (χ1v) is 12.5. The Labute approximate surface area is 217 Å². The zero-order chi connectivity index (χ0) is 26.3. The Morgan fingerprint density at radius 3 is 2.16 bits per heavy atom. The van der Waals surface area contributed by atoms with Crippen LogP contribution in [0.15, 0.2) is 84.9 Å². The number of carboxylic acids is 1. The van der Waals surface area contributed by atoms with Crippen LogP contribution in [-0.4, -0.2) is 46.5 Å². The molecule has 2 N–H and O–H groups in total. The average molecular weight is 501 g/mol. The average Bonchev–Trinajstić information content (AvgIpc) is 2.91. The number of carboxylic acid groups (broad SMARTS) is 1. The second-order valence-electron chi connectivity index (χ2n) is 9.45. The molecule has 7 nitrogen and oxygen atoms in total. The SMILES string of the molecule is COc1ccc(CN2C(=O)[C@](Cc3ccccc3)(NC(=O)CCc3ccccc3)CC[C@@H]2C(=O)O)cc1. The number of carbonyl (C=O) groups excluding carboxylic acids is 2. The summed E-state index contributed by atoms with van der Waals surface area (Å²) < 4.78 is 5.22. The molecule has 0 bridgehead atoms. The van der Waals surface area contributed by atoms with E-state index in [0.717, 1.165) is 16.7 Å². The summed E-state index contributed by atoms with van der Waals surface area (Å²) in [6.45, 7) is 0.121. The predicted octanol–water partition coefficient (Wildman–Crippen LogP) is 4.00. The van der Waals surface area contributed by atoms with Gasteiger partial charge in [-0.3, -0.25) is 9.59 Å². The molecule has 7 heteroatoms. The molecule has 0 unspecified atom stereocenters. The highest BCUT2D eigenvalue weighted by Crippen LogP contribution is 2.32. The number of aliphatic carboxylic acids is 1. The molecule has 3 aromatic rings. The van der Waals surface area contributed by atoms with E-state index >= 15 is 0 Å². The first-order valence-electron chi connectivity index (χ1n) is 12.5. The lowest BCUT2D eigenvalue weighted by Crippen LogP contribution is -2.66. The van der Waals surface area contributed by atoms with Crippen LogP contribution >= 0.6 is 0 Å². The van der Waals surface area contributed by atoms with Gasteiger partial charge in [-0.05, 0) is 48.1 Å². The van der Waals surface area contributed by atoms with Crippen molar-refractivity contribution in [3.8, 4) is 5.75 Å². The fourth-order valence-electron chi connectivity index (χ4n) is 4.93. The lowest BCUT2D eigenvalue weighted by atomic mass is 9.79. The Morgan fingerprint density at radius 2 is 1.57 bits per heavy atom. The van der Waals surface area contributed by atoms with Gasteiger partial charge in [0.25, 0.3) is 0 Å². The summed E-state index contributed by atoms with van der Waals surface area (Å²) in [4.78, 5) is 40.8. The van der Waals surface area contributed by atoms with Crippen molar-refractivity contribution in [2.45, 2.75) is 50.2 Å². The number of piperidine rings is 1. The number of amides is 2. The van der Waals surface area contributed by atoms with Gasteiger partial charge in [-0.2, -0.15) is 0 Å². The summed E-state index contributed by atoms with van der Waals surface area (Å²) in [7, 11) is 1.57. The second kappa shape index (κ2) is 11.7. The first-order chi connectivity index (χ1) is 17.9. The zero-order valence-electron chi connectivity index (χ0n) is 20.9. The van der Waals surface area contributed by atoms with Crippen LogP contribution in [-0.2, 0) is 33.8 Å². The smallest absolute Gasteiger partial charge is 0.326 e. The summed E-state index contributed by atoms with van der Waals surface area (Å²) in [6, 6.07) is 25.5. The van der Waals surface area contributed by atoms with Gasteiger partial charge in [0.1, 0.15) is 17.3 Å². The van der Waals surface area contributed by atoms with Gasteiger partial charge in [-0.15, -0.1) is 0 Å². The zero-order valence-corrected chi connectivity index (χ0v) is 20.9. The van der Waals surface area contributed by atoms with Crippen LogP contribution in [0.3, 0.4) is 0 Å². The maximum Gasteiger partial charge on any atom is 0.326 e. The molecule has 0 saturated carbocycles. The molecule has 4 rings (SSSR count). The van der Waals surface area contributed by atoms with Crippen molar-refractivity contribution in [3.63, 3.8) is 0 Å². The molecule has 0 radical (unpaired) electrons. The van der Waals surface area contributed by atoms with E-state index in [-0.39, 0.29) is 44.0 Å². The van der Waals surface area contributed by atoms with Gasteiger partial charge in [0.15, 0.2) is 0 Å². The first kappa shape index (κ1) is 25.9. The van der Waals surface area contributed by atoms with Crippen molar-refractivity contribution in [1.29, 1.82) is 0 Å². The summed E-state index contributed by atoms with van der Waals surface area (Å²) in [5.41, 5.74) is 1.49. The van der Waals surface area contributed by atoms with E-state index in [2.05, 4.69) is 5.32 Å². The number of methoxy groups -OCH3 is 1. The lowest BCUT2D eigenvalue weighted by Gasteiger charge is -2.45. The third-order valence-corrected chi connectivity index (χ3v) is 6.90. The van der Waals surface area contributed by atoms with E-state index in [4.69, 9.17) is 4.74 Å². The molecule has 1 saturated heterocycles. The fraction of sp³-hybridized carbons (Fsp3) is 0.300. The van der Waals surface area contributed by atoms with Gasteiger partial charge in [0, 0.05) is 19.4 Å². The molecule has 37 heavy (non-hydrogen) atoms. The fourth-order valence-corrected chi connectivity index (χ4v) is 4.93. The van der Waals surface area contributed by atoms with Gasteiger partial charge in [0.2, 0.25) is 11.8 Å². The van der Waals surface area contributed by atoms with E-state index < -0.39 is 17.6 Å². The van der Waals surface area contributed by atoms with Gasteiger partial charge in [0.05, 0.1) is 7.11 Å². The number of aryl methyl sites for hydroxylation is 1. The van der Waals surface area contributed by atoms with E-state index in [1.165, 1.54) is 4.90 Å². The maximum atomic E-state index is 14.1. The Kier molecular flexibility index (Phi) is 8.23. The lowest BCUT2D eigenvalue weighted by molar-refractivity contribution is -0.160. The minimum absolute atomic E-state index is 0.121. The summed E-state index contributed by atoms with van der Waals surface area (Å²) in [5.74, 6) is -0.983.